The van der Waals surface area contributed by atoms with Gasteiger partial charge in [-0.05, 0) is 97.7 Å². The highest BCUT2D eigenvalue weighted by atomic mass is 35.5. The highest BCUT2D eigenvalue weighted by molar-refractivity contribution is 6.25. The fraction of sp³-hybridized carbons (Fsp3) is 1.00. The highest BCUT2D eigenvalue weighted by Gasteiger charge is 2.66. The van der Waals surface area contributed by atoms with Crippen LogP contribution in [0.2, 0.25) is 0 Å². The first-order chi connectivity index (χ1) is 13.6. The molecule has 4 aliphatic rings. The number of rotatable bonds is 5. The van der Waals surface area contributed by atoms with Gasteiger partial charge in [-0.1, -0.05) is 60.3 Å². The monoisotopic (exact) mass is 422 g/mol. The van der Waals surface area contributed by atoms with E-state index in [4.69, 9.17) is 11.6 Å². The molecule has 168 valence electrons. The van der Waals surface area contributed by atoms with Crippen molar-refractivity contribution in [3.05, 3.63) is 0 Å². The van der Waals surface area contributed by atoms with Crippen molar-refractivity contribution >= 4 is 11.6 Å². The third-order valence-electron chi connectivity index (χ3n) is 11.0. The van der Waals surface area contributed by atoms with Crippen LogP contribution in [0.5, 0.6) is 0 Å². The van der Waals surface area contributed by atoms with Gasteiger partial charge in [0.2, 0.25) is 0 Å². The lowest BCUT2D eigenvalue weighted by Gasteiger charge is -2.63. The van der Waals surface area contributed by atoms with Crippen LogP contribution in [-0.4, -0.2) is 16.1 Å². The van der Waals surface area contributed by atoms with Crippen LogP contribution in [0.25, 0.3) is 0 Å². The van der Waals surface area contributed by atoms with Crippen LogP contribution in [0.15, 0.2) is 0 Å². The van der Waals surface area contributed by atoms with Crippen LogP contribution in [0.4, 0.5) is 0 Å². The van der Waals surface area contributed by atoms with Gasteiger partial charge in [-0.2, -0.15) is 0 Å². The number of aliphatic hydroxyl groups is 1. The van der Waals surface area contributed by atoms with E-state index < -0.39 is 0 Å². The molecule has 0 radical (unpaired) electrons. The highest BCUT2D eigenvalue weighted by Crippen LogP contribution is 2.70. The molecule has 2 unspecified atom stereocenters. The molecule has 2 heteroatoms. The molecule has 4 fully saturated rings. The maximum Gasteiger partial charge on any atom is 0.0577 e. The fourth-order valence-electron chi connectivity index (χ4n) is 9.15. The summed E-state index contributed by atoms with van der Waals surface area (Å²) >= 11 is 7.62. The first-order valence-corrected chi connectivity index (χ1v) is 13.4. The molecule has 1 nitrogen and oxygen atoms in total. The molecule has 9 atom stereocenters. The Morgan fingerprint density at radius 2 is 1.66 bits per heavy atom. The number of hydrogen-bond acceptors (Lipinski definition) is 1. The first kappa shape index (κ1) is 22.4. The Bertz CT molecular complexity index is 589. The number of alkyl halides is 1. The number of aliphatic hydroxyl groups excluding tert-OH is 1. The quantitative estimate of drug-likeness (QED) is 0.447. The van der Waals surface area contributed by atoms with Gasteiger partial charge in [0.25, 0.3) is 0 Å². The van der Waals surface area contributed by atoms with Crippen LogP contribution in [0.3, 0.4) is 0 Å². The molecule has 29 heavy (non-hydrogen) atoms. The van der Waals surface area contributed by atoms with Crippen LogP contribution < -0.4 is 0 Å². The van der Waals surface area contributed by atoms with E-state index in [2.05, 4.69) is 34.6 Å². The summed E-state index contributed by atoms with van der Waals surface area (Å²) in [6.45, 7) is 12.2. The largest absolute Gasteiger partial charge is 0.393 e. The maximum atomic E-state index is 11.4. The molecule has 0 amide bonds. The predicted molar refractivity (Wildman–Crippen MR) is 124 cm³/mol. The second kappa shape index (κ2) is 7.99. The van der Waals surface area contributed by atoms with Gasteiger partial charge in [0, 0.05) is 0 Å². The van der Waals surface area contributed by atoms with Crippen molar-refractivity contribution < 1.29 is 5.11 Å². The average Bonchev–Trinajstić information content (AvgIpc) is 2.94. The Hall–Kier alpha value is 0.250. The summed E-state index contributed by atoms with van der Waals surface area (Å²) in [6, 6.07) is 0. The Labute approximate surface area is 185 Å². The van der Waals surface area contributed by atoms with Crippen molar-refractivity contribution in [2.75, 3.05) is 0 Å². The predicted octanol–water partition coefficient (Wildman–Crippen LogP) is 7.83. The zero-order valence-corrected chi connectivity index (χ0v) is 20.6. The number of halogens is 1. The molecule has 0 heterocycles. The summed E-state index contributed by atoms with van der Waals surface area (Å²) < 4.78 is 0. The molecular formula is C27H47ClO. The lowest BCUT2D eigenvalue weighted by molar-refractivity contribution is -0.162. The summed E-state index contributed by atoms with van der Waals surface area (Å²) in [7, 11) is 0. The molecule has 4 saturated carbocycles. The lowest BCUT2D eigenvalue weighted by Crippen LogP contribution is -2.59. The molecule has 0 bridgehead atoms. The summed E-state index contributed by atoms with van der Waals surface area (Å²) in [5.41, 5.74) is 0.676. The van der Waals surface area contributed by atoms with Crippen molar-refractivity contribution in [3.63, 3.8) is 0 Å². The van der Waals surface area contributed by atoms with E-state index >= 15 is 0 Å². The van der Waals surface area contributed by atoms with Crippen molar-refractivity contribution in [1.29, 1.82) is 0 Å². The van der Waals surface area contributed by atoms with Gasteiger partial charge in [0.1, 0.15) is 0 Å². The molecule has 0 aromatic carbocycles. The minimum absolute atomic E-state index is 0.0658. The molecule has 4 rings (SSSR count). The minimum Gasteiger partial charge on any atom is -0.393 e. The van der Waals surface area contributed by atoms with Gasteiger partial charge in [-0.3, -0.25) is 0 Å². The molecule has 0 aliphatic heterocycles. The molecule has 4 aliphatic carbocycles. The molecular weight excluding hydrogens is 376 g/mol. The zero-order valence-electron chi connectivity index (χ0n) is 19.9. The SMILES string of the molecule is CC(C)CCC[C@@H](C)[C@@]1(Cl)CC[C@H]2[C@@H]3C(O)CC4CCCC[C@]4(C)[C@H]3CC[C@@]21C. The Balaban J connectivity index is 1.56. The standard InChI is InChI=1S/C27H47ClO/c1-18(2)9-8-10-19(3)27(28)16-13-22-24-21(12-15-26(22,27)5)25(4)14-7-6-11-20(25)17-23(24)29/h18-24,29H,6-17H2,1-5H3/t19-,20?,21+,22+,23?,24-,25+,26+,27+/m1/s1. The van der Waals surface area contributed by atoms with Gasteiger partial charge in [0.05, 0.1) is 11.0 Å². The lowest BCUT2D eigenvalue weighted by atomic mass is 9.44. The Morgan fingerprint density at radius 1 is 0.931 bits per heavy atom. The van der Waals surface area contributed by atoms with Crippen LogP contribution in [0, 0.1) is 46.3 Å². The van der Waals surface area contributed by atoms with E-state index in [1.54, 1.807) is 0 Å². The van der Waals surface area contributed by atoms with Crippen molar-refractivity contribution in [3.8, 4) is 0 Å². The third-order valence-corrected chi connectivity index (χ3v) is 12.0. The molecule has 0 aromatic heterocycles. The second-order valence-electron chi connectivity index (χ2n) is 12.6. The smallest absolute Gasteiger partial charge is 0.0577 e. The third kappa shape index (κ3) is 3.44. The summed E-state index contributed by atoms with van der Waals surface area (Å²) in [5, 5.41) is 11.4. The average molecular weight is 423 g/mol. The van der Waals surface area contributed by atoms with E-state index in [-0.39, 0.29) is 16.4 Å². The van der Waals surface area contributed by atoms with E-state index in [0.29, 0.717) is 23.2 Å². The Kier molecular flexibility index (Phi) is 6.18. The van der Waals surface area contributed by atoms with Gasteiger partial charge in [-0.15, -0.1) is 11.6 Å². The van der Waals surface area contributed by atoms with Gasteiger partial charge < -0.3 is 5.11 Å². The molecule has 0 spiro atoms. The summed E-state index contributed by atoms with van der Waals surface area (Å²) in [4.78, 5) is -0.0658. The van der Waals surface area contributed by atoms with Gasteiger partial charge >= 0.3 is 0 Å². The Morgan fingerprint density at radius 3 is 2.38 bits per heavy atom. The second-order valence-corrected chi connectivity index (χ2v) is 13.3. The first-order valence-electron chi connectivity index (χ1n) is 13.0. The number of fused-ring (bicyclic) bond motifs is 5. The minimum atomic E-state index is -0.0870. The van der Waals surface area contributed by atoms with E-state index in [0.717, 1.165) is 30.6 Å². The van der Waals surface area contributed by atoms with Crippen LogP contribution in [-0.2, 0) is 0 Å². The van der Waals surface area contributed by atoms with Gasteiger partial charge in [-0.25, -0.2) is 0 Å². The van der Waals surface area contributed by atoms with Gasteiger partial charge in [0.15, 0.2) is 0 Å². The van der Waals surface area contributed by atoms with Crippen molar-refractivity contribution in [2.45, 2.75) is 123 Å². The van der Waals surface area contributed by atoms with Crippen LogP contribution in [0.1, 0.15) is 112 Å². The van der Waals surface area contributed by atoms with Crippen LogP contribution >= 0.6 is 11.6 Å². The van der Waals surface area contributed by atoms with Crippen molar-refractivity contribution in [1.82, 2.24) is 0 Å². The van der Waals surface area contributed by atoms with Crippen molar-refractivity contribution in [2.24, 2.45) is 46.3 Å². The summed E-state index contributed by atoms with van der Waals surface area (Å²) in [5.74, 6) is 3.97. The van der Waals surface area contributed by atoms with E-state index in [9.17, 15) is 5.11 Å². The molecule has 0 aromatic rings. The van der Waals surface area contributed by atoms with E-state index in [1.165, 1.54) is 64.2 Å². The zero-order chi connectivity index (χ0) is 21.0. The summed E-state index contributed by atoms with van der Waals surface area (Å²) in [6.07, 6.45) is 15.4. The normalized spacial score (nSPS) is 50.7. The fourth-order valence-corrected chi connectivity index (χ4v) is 9.60. The number of hydrogen-bond donors (Lipinski definition) is 1. The van der Waals surface area contributed by atoms with E-state index in [1.807, 2.05) is 0 Å². The topological polar surface area (TPSA) is 20.2 Å². The maximum absolute atomic E-state index is 11.4. The molecule has 1 N–H and O–H groups in total. The molecule has 0 saturated heterocycles.